The van der Waals surface area contributed by atoms with Gasteiger partial charge in [0.05, 0.1) is 11.1 Å². The molecule has 1 aromatic rings. The van der Waals surface area contributed by atoms with Crippen LogP contribution in [0.1, 0.15) is 41.0 Å². The Morgan fingerprint density at radius 3 is 2.23 bits per heavy atom. The molecule has 1 aliphatic rings. The van der Waals surface area contributed by atoms with Crippen molar-refractivity contribution in [3.8, 4) is 0 Å². The molecule has 22 heavy (non-hydrogen) atoms. The third-order valence-electron chi connectivity index (χ3n) is 3.56. The van der Waals surface area contributed by atoms with E-state index in [1.165, 1.54) is 0 Å². The van der Waals surface area contributed by atoms with E-state index in [1.807, 2.05) is 13.8 Å². The van der Waals surface area contributed by atoms with Gasteiger partial charge < -0.3 is 5.32 Å². The van der Waals surface area contributed by atoms with Gasteiger partial charge in [-0.25, -0.2) is 0 Å². The molecule has 3 amide bonds. The molecule has 1 atom stereocenters. The number of benzene rings is 1. The van der Waals surface area contributed by atoms with Crippen molar-refractivity contribution in [1.29, 1.82) is 0 Å². The van der Waals surface area contributed by atoms with Gasteiger partial charge in [0.2, 0.25) is 5.91 Å². The van der Waals surface area contributed by atoms with Gasteiger partial charge in [0.15, 0.2) is 0 Å². The van der Waals surface area contributed by atoms with Crippen molar-refractivity contribution in [3.63, 3.8) is 0 Å². The Kier molecular flexibility index (Phi) is 4.75. The zero-order valence-electron chi connectivity index (χ0n) is 12.8. The van der Waals surface area contributed by atoms with Crippen LogP contribution in [0, 0.1) is 5.92 Å². The molecule has 0 spiro atoms. The Morgan fingerprint density at radius 2 is 1.77 bits per heavy atom. The lowest BCUT2D eigenvalue weighted by Gasteiger charge is -2.26. The average molecular weight is 300 g/mol. The van der Waals surface area contributed by atoms with E-state index in [1.54, 1.807) is 30.3 Å². The van der Waals surface area contributed by atoms with Crippen molar-refractivity contribution in [3.05, 3.63) is 48.0 Å². The molecule has 0 radical (unpaired) electrons. The second-order valence-corrected chi connectivity index (χ2v) is 5.71. The van der Waals surface area contributed by atoms with E-state index in [4.69, 9.17) is 0 Å². The summed E-state index contributed by atoms with van der Waals surface area (Å²) in [6.07, 6.45) is 1.99. The number of imide groups is 1. The molecule has 0 aromatic heterocycles. The van der Waals surface area contributed by atoms with Crippen LogP contribution in [0.15, 0.2) is 36.9 Å². The number of amides is 3. The molecule has 116 valence electrons. The first-order valence-electron chi connectivity index (χ1n) is 7.33. The fourth-order valence-corrected chi connectivity index (χ4v) is 2.56. The monoisotopic (exact) mass is 300 g/mol. The Morgan fingerprint density at radius 1 is 1.23 bits per heavy atom. The number of carbonyl (C=O) groups excluding carboxylic acids is 3. The van der Waals surface area contributed by atoms with Gasteiger partial charge in [0.1, 0.15) is 6.04 Å². The fourth-order valence-electron chi connectivity index (χ4n) is 2.56. The topological polar surface area (TPSA) is 66.5 Å². The van der Waals surface area contributed by atoms with Crippen molar-refractivity contribution in [1.82, 2.24) is 10.2 Å². The molecular weight excluding hydrogens is 280 g/mol. The second-order valence-electron chi connectivity index (χ2n) is 5.71. The highest BCUT2D eigenvalue weighted by atomic mass is 16.2. The van der Waals surface area contributed by atoms with Crippen LogP contribution in [0.5, 0.6) is 0 Å². The number of carbonyl (C=O) groups is 3. The van der Waals surface area contributed by atoms with E-state index in [2.05, 4.69) is 11.9 Å². The maximum absolute atomic E-state index is 12.5. The van der Waals surface area contributed by atoms with E-state index >= 15 is 0 Å². The highest BCUT2D eigenvalue weighted by Gasteiger charge is 2.42. The maximum Gasteiger partial charge on any atom is 0.262 e. The molecule has 1 heterocycles. The fraction of sp³-hybridized carbons (Fsp3) is 0.353. The maximum atomic E-state index is 12.5. The highest BCUT2D eigenvalue weighted by molar-refractivity contribution is 6.22. The van der Waals surface area contributed by atoms with Crippen LogP contribution in [0.25, 0.3) is 0 Å². The Hall–Kier alpha value is -2.43. The van der Waals surface area contributed by atoms with Crippen LogP contribution < -0.4 is 5.32 Å². The van der Waals surface area contributed by atoms with Gasteiger partial charge in [0.25, 0.3) is 11.8 Å². The molecule has 0 bridgehead atoms. The third-order valence-corrected chi connectivity index (χ3v) is 3.56. The minimum Gasteiger partial charge on any atom is -0.351 e. The number of fused-ring (bicyclic) bond motifs is 1. The lowest BCUT2D eigenvalue weighted by molar-refractivity contribution is -0.125. The summed E-state index contributed by atoms with van der Waals surface area (Å²) >= 11 is 0. The van der Waals surface area contributed by atoms with Gasteiger partial charge in [-0.2, -0.15) is 0 Å². The van der Waals surface area contributed by atoms with Crippen LogP contribution in [-0.2, 0) is 4.79 Å². The highest BCUT2D eigenvalue weighted by Crippen LogP contribution is 2.26. The van der Waals surface area contributed by atoms with Crippen molar-refractivity contribution < 1.29 is 14.4 Å². The van der Waals surface area contributed by atoms with Crippen LogP contribution in [0.3, 0.4) is 0 Å². The molecular formula is C17H20N2O3. The Bertz CT molecular complexity index is 587. The smallest absolute Gasteiger partial charge is 0.262 e. The molecule has 1 aromatic carbocycles. The van der Waals surface area contributed by atoms with Crippen molar-refractivity contribution in [2.24, 2.45) is 5.92 Å². The van der Waals surface area contributed by atoms with Crippen molar-refractivity contribution in [2.45, 2.75) is 26.3 Å². The number of nitrogens with one attached hydrogen (secondary N) is 1. The SMILES string of the molecule is C=CCNC(=O)[C@@H](CC(C)C)N1C(=O)c2ccccc2C1=O. The van der Waals surface area contributed by atoms with Crippen molar-refractivity contribution in [2.75, 3.05) is 6.54 Å². The molecule has 0 saturated heterocycles. The summed E-state index contributed by atoms with van der Waals surface area (Å²) in [7, 11) is 0. The van der Waals surface area contributed by atoms with Crippen LogP contribution in [-0.4, -0.2) is 35.2 Å². The molecule has 5 heteroatoms. The summed E-state index contributed by atoms with van der Waals surface area (Å²) < 4.78 is 0. The minimum absolute atomic E-state index is 0.170. The zero-order chi connectivity index (χ0) is 16.3. The second kappa shape index (κ2) is 6.56. The van der Waals surface area contributed by atoms with E-state index in [-0.39, 0.29) is 11.8 Å². The van der Waals surface area contributed by atoms with Crippen LogP contribution in [0.4, 0.5) is 0 Å². The predicted molar refractivity (Wildman–Crippen MR) is 83.4 cm³/mol. The van der Waals surface area contributed by atoms with Gasteiger partial charge in [-0.1, -0.05) is 32.1 Å². The summed E-state index contributed by atoms with van der Waals surface area (Å²) in [5.41, 5.74) is 0.718. The van der Waals surface area contributed by atoms with Gasteiger partial charge in [-0.3, -0.25) is 19.3 Å². The lowest BCUT2D eigenvalue weighted by Crippen LogP contribution is -2.50. The van der Waals surface area contributed by atoms with E-state index in [0.29, 0.717) is 24.1 Å². The molecule has 1 N–H and O–H groups in total. The van der Waals surface area contributed by atoms with E-state index < -0.39 is 17.9 Å². The summed E-state index contributed by atoms with van der Waals surface area (Å²) in [6.45, 7) is 7.75. The quantitative estimate of drug-likeness (QED) is 0.645. The lowest BCUT2D eigenvalue weighted by atomic mass is 10.0. The molecule has 0 saturated carbocycles. The first kappa shape index (κ1) is 15.9. The molecule has 5 nitrogen and oxygen atoms in total. The summed E-state index contributed by atoms with van der Waals surface area (Å²) in [4.78, 5) is 38.5. The molecule has 0 fully saturated rings. The third kappa shape index (κ3) is 2.93. The number of nitrogens with zero attached hydrogens (tertiary/aromatic N) is 1. The number of rotatable bonds is 6. The van der Waals surface area contributed by atoms with Crippen molar-refractivity contribution >= 4 is 17.7 Å². The average Bonchev–Trinajstić information content (AvgIpc) is 2.74. The summed E-state index contributed by atoms with van der Waals surface area (Å²) in [6, 6.07) is 5.85. The predicted octanol–water partition coefficient (Wildman–Crippen LogP) is 2.00. The van der Waals surface area contributed by atoms with Gasteiger partial charge >= 0.3 is 0 Å². The minimum atomic E-state index is -0.799. The van der Waals surface area contributed by atoms with Gasteiger partial charge in [-0.05, 0) is 24.5 Å². The summed E-state index contributed by atoms with van der Waals surface area (Å²) in [5, 5.41) is 2.68. The van der Waals surface area contributed by atoms with Gasteiger partial charge in [-0.15, -0.1) is 6.58 Å². The molecule has 1 aliphatic heterocycles. The standard InChI is InChI=1S/C17H20N2O3/c1-4-9-18-15(20)14(10-11(2)3)19-16(21)12-7-5-6-8-13(12)17(19)22/h4-8,11,14H,1,9-10H2,2-3H3,(H,18,20)/t14-/m1/s1. The normalized spacial score (nSPS) is 15.0. The van der Waals surface area contributed by atoms with E-state index in [0.717, 1.165) is 4.90 Å². The van der Waals surface area contributed by atoms with Gasteiger partial charge in [0, 0.05) is 6.54 Å². The molecule has 2 rings (SSSR count). The largest absolute Gasteiger partial charge is 0.351 e. The van der Waals surface area contributed by atoms with E-state index in [9.17, 15) is 14.4 Å². The van der Waals surface area contributed by atoms with Crippen LogP contribution in [0.2, 0.25) is 0 Å². The first-order valence-corrected chi connectivity index (χ1v) is 7.33. The summed E-state index contributed by atoms with van der Waals surface area (Å²) in [5.74, 6) is -0.966. The first-order chi connectivity index (χ1) is 10.5. The number of hydrogen-bond acceptors (Lipinski definition) is 3. The molecule has 0 aliphatic carbocycles. The molecule has 0 unspecified atom stereocenters. The Balaban J connectivity index is 2.32. The Labute approximate surface area is 130 Å². The van der Waals surface area contributed by atoms with Crippen LogP contribution >= 0.6 is 0 Å². The zero-order valence-corrected chi connectivity index (χ0v) is 12.8. The number of hydrogen-bond donors (Lipinski definition) is 1.